The van der Waals surface area contributed by atoms with Crippen molar-refractivity contribution in [3.8, 4) is 5.75 Å². The van der Waals surface area contributed by atoms with Crippen molar-refractivity contribution >= 4 is 22.0 Å². The third-order valence-corrected chi connectivity index (χ3v) is 4.00. The number of fused-ring (bicyclic) bond motifs is 1. The first-order valence-corrected chi connectivity index (χ1v) is 7.63. The van der Waals surface area contributed by atoms with Crippen LogP contribution in [0.2, 0.25) is 0 Å². The summed E-state index contributed by atoms with van der Waals surface area (Å²) in [5, 5.41) is 0. The number of aromatic amines is 1. The topological polar surface area (TPSA) is 75.3 Å². The van der Waals surface area contributed by atoms with E-state index in [0.29, 0.717) is 35.8 Å². The van der Waals surface area contributed by atoms with E-state index in [1.807, 2.05) is 0 Å². The van der Waals surface area contributed by atoms with E-state index in [1.165, 1.54) is 0 Å². The Morgan fingerprint density at radius 3 is 2.82 bits per heavy atom. The van der Waals surface area contributed by atoms with Gasteiger partial charge in [0.2, 0.25) is 0 Å². The largest absolute Gasteiger partial charge is 0.415 e. The minimum absolute atomic E-state index is 0.122. The maximum Gasteiger partial charge on any atom is 0.415 e. The van der Waals surface area contributed by atoms with Crippen LogP contribution in [0.25, 0.3) is 0 Å². The molecule has 0 fully saturated rings. The van der Waals surface area contributed by atoms with Crippen LogP contribution in [0.15, 0.2) is 33.5 Å². The van der Waals surface area contributed by atoms with E-state index in [1.54, 1.807) is 36.1 Å². The molecule has 0 atom stereocenters. The lowest BCUT2D eigenvalue weighted by molar-refractivity contribution is 0.146. The maximum absolute atomic E-state index is 12.2. The number of H-pyrrole nitrogens is 1. The molecule has 0 spiro atoms. The van der Waals surface area contributed by atoms with Gasteiger partial charge in [0.25, 0.3) is 5.56 Å². The number of benzene rings is 1. The third-order valence-electron chi connectivity index (χ3n) is 3.47. The highest BCUT2D eigenvalue weighted by molar-refractivity contribution is 9.10. The van der Waals surface area contributed by atoms with Crippen molar-refractivity contribution in [3.05, 3.63) is 56.2 Å². The quantitative estimate of drug-likeness (QED) is 0.843. The summed E-state index contributed by atoms with van der Waals surface area (Å²) in [5.74, 6) is 1.03. The number of aryl methyl sites for hydroxylation is 1. The van der Waals surface area contributed by atoms with Crippen LogP contribution < -0.4 is 10.3 Å². The summed E-state index contributed by atoms with van der Waals surface area (Å²) in [5.41, 5.74) is 1.17. The number of rotatable bonds is 1. The molecule has 1 aliphatic rings. The molecule has 3 rings (SSSR count). The Labute approximate surface area is 135 Å². The fraction of sp³-hybridized carbons (Fsp3) is 0.267. The molecular weight excluding hydrogens is 350 g/mol. The van der Waals surface area contributed by atoms with E-state index in [4.69, 9.17) is 4.74 Å². The van der Waals surface area contributed by atoms with Crippen LogP contribution in [0, 0.1) is 6.92 Å². The summed E-state index contributed by atoms with van der Waals surface area (Å²) in [4.78, 5) is 32.6. The molecule has 2 heterocycles. The molecule has 0 bridgehead atoms. The molecule has 1 aliphatic heterocycles. The average molecular weight is 364 g/mol. The monoisotopic (exact) mass is 363 g/mol. The lowest BCUT2D eigenvalue weighted by atomic mass is 10.1. The summed E-state index contributed by atoms with van der Waals surface area (Å²) in [6.45, 7) is 2.45. The Bertz CT molecular complexity index is 771. The number of nitrogens with zero attached hydrogens (tertiary/aromatic N) is 2. The van der Waals surface area contributed by atoms with Crippen molar-refractivity contribution in [2.75, 3.05) is 6.54 Å². The standard InChI is InChI=1S/C15H14BrN3O3/c1-9-17-13-8-19(7-6-12(13)14(20)18-9)15(21)22-11-4-2-10(16)3-5-11/h2-5H,6-8H2,1H3,(H,17,18,20). The van der Waals surface area contributed by atoms with E-state index in [9.17, 15) is 9.59 Å². The van der Waals surface area contributed by atoms with Crippen molar-refractivity contribution in [3.63, 3.8) is 0 Å². The number of amides is 1. The van der Waals surface area contributed by atoms with Crippen molar-refractivity contribution in [2.45, 2.75) is 19.9 Å². The second kappa shape index (κ2) is 5.92. The Kier molecular flexibility index (Phi) is 3.98. The van der Waals surface area contributed by atoms with Crippen molar-refractivity contribution in [2.24, 2.45) is 0 Å². The summed E-state index contributed by atoms with van der Waals surface area (Å²) in [7, 11) is 0. The Morgan fingerprint density at radius 1 is 1.36 bits per heavy atom. The molecule has 0 unspecified atom stereocenters. The van der Waals surface area contributed by atoms with Crippen LogP contribution in [-0.4, -0.2) is 27.5 Å². The Morgan fingerprint density at radius 2 is 2.09 bits per heavy atom. The number of hydrogen-bond acceptors (Lipinski definition) is 4. The van der Waals surface area contributed by atoms with E-state index >= 15 is 0 Å². The number of aromatic nitrogens is 2. The molecule has 0 radical (unpaired) electrons. The van der Waals surface area contributed by atoms with E-state index in [2.05, 4.69) is 25.9 Å². The van der Waals surface area contributed by atoms with Gasteiger partial charge in [0.05, 0.1) is 12.2 Å². The van der Waals surface area contributed by atoms with Gasteiger partial charge >= 0.3 is 6.09 Å². The SMILES string of the molecule is Cc1nc2c(c(=O)[nH]1)CCN(C(=O)Oc1ccc(Br)cc1)C2. The van der Waals surface area contributed by atoms with Crippen LogP contribution in [0.5, 0.6) is 5.75 Å². The van der Waals surface area contributed by atoms with Gasteiger partial charge in [0.15, 0.2) is 0 Å². The predicted octanol–water partition coefficient (Wildman–Crippen LogP) is 2.40. The number of hydrogen-bond donors (Lipinski definition) is 1. The second-order valence-electron chi connectivity index (χ2n) is 5.07. The molecule has 1 aromatic carbocycles. The first-order valence-electron chi connectivity index (χ1n) is 6.84. The van der Waals surface area contributed by atoms with Gasteiger partial charge in [-0.15, -0.1) is 0 Å². The zero-order valence-electron chi connectivity index (χ0n) is 11.9. The minimum atomic E-state index is -0.437. The zero-order chi connectivity index (χ0) is 15.7. The molecule has 1 aromatic heterocycles. The fourth-order valence-electron chi connectivity index (χ4n) is 2.39. The van der Waals surface area contributed by atoms with Crippen LogP contribution in [-0.2, 0) is 13.0 Å². The van der Waals surface area contributed by atoms with Gasteiger partial charge in [0.1, 0.15) is 11.6 Å². The van der Waals surface area contributed by atoms with Gasteiger partial charge in [0, 0.05) is 16.6 Å². The van der Waals surface area contributed by atoms with E-state index in [-0.39, 0.29) is 12.1 Å². The number of carbonyl (C=O) groups is 1. The van der Waals surface area contributed by atoms with Gasteiger partial charge in [-0.1, -0.05) is 15.9 Å². The van der Waals surface area contributed by atoms with Crippen LogP contribution >= 0.6 is 15.9 Å². The molecular formula is C15H14BrN3O3. The van der Waals surface area contributed by atoms with Gasteiger partial charge in [-0.25, -0.2) is 9.78 Å². The molecule has 0 saturated heterocycles. The fourth-order valence-corrected chi connectivity index (χ4v) is 2.65. The van der Waals surface area contributed by atoms with E-state index < -0.39 is 6.09 Å². The number of nitrogens with one attached hydrogen (secondary N) is 1. The smallest absolute Gasteiger partial charge is 0.410 e. The van der Waals surface area contributed by atoms with Crippen molar-refractivity contribution in [1.29, 1.82) is 0 Å². The van der Waals surface area contributed by atoms with E-state index in [0.717, 1.165) is 4.47 Å². The summed E-state index contributed by atoms with van der Waals surface area (Å²) in [6, 6.07) is 7.04. The normalized spacial score (nSPS) is 13.6. The molecule has 2 aromatic rings. The van der Waals surface area contributed by atoms with Crippen molar-refractivity contribution in [1.82, 2.24) is 14.9 Å². The summed E-state index contributed by atoms with van der Waals surface area (Å²) in [6.07, 6.45) is 0.0422. The molecule has 1 N–H and O–H groups in total. The van der Waals surface area contributed by atoms with Crippen LogP contribution in [0.4, 0.5) is 4.79 Å². The first kappa shape index (κ1) is 14.8. The maximum atomic E-state index is 12.2. The predicted molar refractivity (Wildman–Crippen MR) is 83.9 cm³/mol. The third kappa shape index (κ3) is 3.04. The molecule has 0 aliphatic carbocycles. The number of halogens is 1. The van der Waals surface area contributed by atoms with Crippen LogP contribution in [0.3, 0.4) is 0 Å². The van der Waals surface area contributed by atoms with Crippen LogP contribution in [0.1, 0.15) is 17.1 Å². The molecule has 7 heteroatoms. The lowest BCUT2D eigenvalue weighted by Crippen LogP contribution is -2.40. The minimum Gasteiger partial charge on any atom is -0.410 e. The summed E-state index contributed by atoms with van der Waals surface area (Å²) < 4.78 is 6.25. The summed E-state index contributed by atoms with van der Waals surface area (Å²) >= 11 is 3.33. The number of ether oxygens (including phenoxy) is 1. The number of carbonyl (C=O) groups excluding carboxylic acids is 1. The second-order valence-corrected chi connectivity index (χ2v) is 5.99. The van der Waals surface area contributed by atoms with Gasteiger partial charge in [-0.05, 0) is 37.6 Å². The molecule has 22 heavy (non-hydrogen) atoms. The van der Waals surface area contributed by atoms with Gasteiger partial charge < -0.3 is 14.6 Å². The molecule has 0 saturated carbocycles. The highest BCUT2D eigenvalue weighted by Crippen LogP contribution is 2.19. The lowest BCUT2D eigenvalue weighted by Gasteiger charge is -2.26. The van der Waals surface area contributed by atoms with Gasteiger partial charge in [-0.3, -0.25) is 4.79 Å². The average Bonchev–Trinajstić information content (AvgIpc) is 2.48. The van der Waals surface area contributed by atoms with Crippen molar-refractivity contribution < 1.29 is 9.53 Å². The Balaban J connectivity index is 1.75. The Hall–Kier alpha value is -2.15. The molecule has 1 amide bonds. The molecule has 6 nitrogen and oxygen atoms in total. The molecule has 114 valence electrons. The first-order chi connectivity index (χ1) is 10.5. The highest BCUT2D eigenvalue weighted by Gasteiger charge is 2.25. The zero-order valence-corrected chi connectivity index (χ0v) is 13.5. The highest BCUT2D eigenvalue weighted by atomic mass is 79.9. The van der Waals surface area contributed by atoms with Gasteiger partial charge in [-0.2, -0.15) is 0 Å².